The average Bonchev–Trinajstić information content (AvgIpc) is 3.53. The lowest BCUT2D eigenvalue weighted by atomic mass is 9.81. The number of thiophene rings is 1. The third-order valence-corrected chi connectivity index (χ3v) is 9.12. The molecule has 0 aromatic carbocycles. The molecule has 38 heavy (non-hydrogen) atoms. The Morgan fingerprint density at radius 2 is 1.84 bits per heavy atom. The van der Waals surface area contributed by atoms with Crippen LogP contribution >= 0.6 is 11.3 Å². The number of anilines is 1. The lowest BCUT2D eigenvalue weighted by Gasteiger charge is -2.42. The van der Waals surface area contributed by atoms with E-state index in [-0.39, 0.29) is 34.3 Å². The van der Waals surface area contributed by atoms with Crippen molar-refractivity contribution in [3.8, 4) is 11.8 Å². The van der Waals surface area contributed by atoms with Gasteiger partial charge in [-0.25, -0.2) is 4.79 Å². The summed E-state index contributed by atoms with van der Waals surface area (Å²) in [6.45, 7) is 8.47. The molecule has 0 spiro atoms. The van der Waals surface area contributed by atoms with E-state index < -0.39 is 11.6 Å². The van der Waals surface area contributed by atoms with Crippen LogP contribution in [0.2, 0.25) is 0 Å². The lowest BCUT2D eigenvalue weighted by Crippen LogP contribution is -2.50. The molecule has 0 radical (unpaired) electrons. The van der Waals surface area contributed by atoms with Crippen molar-refractivity contribution in [1.82, 2.24) is 0 Å². The van der Waals surface area contributed by atoms with Gasteiger partial charge in [0.1, 0.15) is 4.88 Å². The maximum absolute atomic E-state index is 14.1. The van der Waals surface area contributed by atoms with E-state index in [2.05, 4.69) is 24.8 Å². The zero-order valence-electron chi connectivity index (χ0n) is 23.3. The predicted molar refractivity (Wildman–Crippen MR) is 152 cm³/mol. The Morgan fingerprint density at radius 3 is 2.42 bits per heavy atom. The van der Waals surface area contributed by atoms with Crippen LogP contribution in [0.5, 0.6) is 0 Å². The minimum absolute atomic E-state index is 0.0120. The third-order valence-electron chi connectivity index (χ3n) is 8.09. The first-order valence-corrected chi connectivity index (χ1v) is 15.0. The molecule has 4 rings (SSSR count). The Labute approximate surface area is 231 Å². The topological polar surface area (TPSA) is 87.1 Å². The molecule has 7 heteroatoms. The Morgan fingerprint density at radius 1 is 1.16 bits per heavy atom. The molecule has 0 saturated heterocycles. The summed E-state index contributed by atoms with van der Waals surface area (Å²) in [5.74, 6) is 5.11. The number of hydrogen-bond donors (Lipinski definition) is 2. The van der Waals surface area contributed by atoms with E-state index in [4.69, 9.17) is 4.74 Å². The van der Waals surface area contributed by atoms with Crippen LogP contribution in [0.1, 0.15) is 113 Å². The normalized spacial score (nSPS) is 26.4. The fourth-order valence-corrected chi connectivity index (χ4v) is 6.62. The molecule has 1 amide bonds. The number of hydrogen-bond acceptors (Lipinski definition) is 5. The van der Waals surface area contributed by atoms with Gasteiger partial charge in [-0.2, -0.15) is 0 Å². The van der Waals surface area contributed by atoms with E-state index in [9.17, 15) is 19.8 Å². The molecule has 1 aromatic heterocycles. The Bertz CT molecular complexity index is 1100. The van der Waals surface area contributed by atoms with E-state index in [1.54, 1.807) is 11.0 Å². The third kappa shape index (κ3) is 7.28. The first-order chi connectivity index (χ1) is 17.9. The van der Waals surface area contributed by atoms with E-state index in [0.29, 0.717) is 49.3 Å². The van der Waals surface area contributed by atoms with E-state index in [0.717, 1.165) is 37.0 Å². The fourth-order valence-electron chi connectivity index (χ4n) is 5.78. The molecule has 6 nitrogen and oxygen atoms in total. The van der Waals surface area contributed by atoms with Gasteiger partial charge in [0.25, 0.3) is 0 Å². The molecule has 2 saturated carbocycles. The maximum Gasteiger partial charge on any atom is 0.348 e. The highest BCUT2D eigenvalue weighted by atomic mass is 32.1. The van der Waals surface area contributed by atoms with Crippen LogP contribution in [0.3, 0.4) is 0 Å². The van der Waals surface area contributed by atoms with Crippen LogP contribution in [-0.4, -0.2) is 46.4 Å². The Balaban J connectivity index is 1.60. The highest BCUT2D eigenvalue weighted by Crippen LogP contribution is 2.40. The number of carbonyl (C=O) groups excluding carboxylic acids is 1. The van der Waals surface area contributed by atoms with Crippen molar-refractivity contribution < 1.29 is 24.5 Å². The molecule has 1 heterocycles. The molecule has 1 aromatic rings. The van der Waals surface area contributed by atoms with Crippen LogP contribution in [0.25, 0.3) is 0 Å². The number of ether oxygens (including phenoxy) is 1. The van der Waals surface area contributed by atoms with Crippen molar-refractivity contribution in [3.05, 3.63) is 27.5 Å². The van der Waals surface area contributed by atoms with Gasteiger partial charge in [-0.1, -0.05) is 36.3 Å². The summed E-state index contributed by atoms with van der Waals surface area (Å²) in [7, 11) is 0. The molecule has 2 N–H and O–H groups in total. The molecule has 3 aliphatic rings. The molecule has 0 aliphatic heterocycles. The van der Waals surface area contributed by atoms with Gasteiger partial charge in [-0.3, -0.25) is 4.79 Å². The molecular weight excluding hydrogens is 498 g/mol. The van der Waals surface area contributed by atoms with E-state index in [1.807, 2.05) is 20.8 Å². The van der Waals surface area contributed by atoms with Crippen molar-refractivity contribution in [2.45, 2.75) is 116 Å². The molecule has 0 bridgehead atoms. The highest BCUT2D eigenvalue weighted by molar-refractivity contribution is 7.15. The monoisotopic (exact) mass is 541 g/mol. The fraction of sp³-hybridized carbons (Fsp3) is 0.677. The van der Waals surface area contributed by atoms with Gasteiger partial charge >= 0.3 is 5.97 Å². The summed E-state index contributed by atoms with van der Waals surface area (Å²) in [5.41, 5.74) is 0.636. The molecule has 0 unspecified atom stereocenters. The molecule has 2 fully saturated rings. The summed E-state index contributed by atoms with van der Waals surface area (Å²) < 4.78 is 6.06. The molecule has 1 atom stereocenters. The number of aromatic carboxylic acids is 1. The van der Waals surface area contributed by atoms with Gasteiger partial charge in [0.2, 0.25) is 5.91 Å². The lowest BCUT2D eigenvalue weighted by molar-refractivity contribution is -0.124. The second-order valence-corrected chi connectivity index (χ2v) is 13.6. The number of amides is 1. The number of carboxylic acids is 1. The van der Waals surface area contributed by atoms with Crippen LogP contribution in [0.4, 0.5) is 5.69 Å². The zero-order valence-corrected chi connectivity index (χ0v) is 24.2. The number of rotatable bonds is 7. The van der Waals surface area contributed by atoms with Gasteiger partial charge in [0.05, 0.1) is 28.9 Å². The van der Waals surface area contributed by atoms with Crippen molar-refractivity contribution in [3.63, 3.8) is 0 Å². The first-order valence-electron chi connectivity index (χ1n) is 14.2. The van der Waals surface area contributed by atoms with Crippen LogP contribution < -0.4 is 4.90 Å². The first kappa shape index (κ1) is 28.9. The SMILES string of the molecule is CC1=CC[C@H](C(=O)N(c2cc(C#CC(C)(C)C)sc2C(=O)O)C2CCC(O)(COC3CCCC3)CC2)CC1. The second-order valence-electron chi connectivity index (χ2n) is 12.5. The number of aliphatic hydroxyl groups is 1. The smallest absolute Gasteiger partial charge is 0.348 e. The largest absolute Gasteiger partial charge is 0.477 e. The maximum atomic E-state index is 14.1. The minimum atomic E-state index is -1.04. The van der Waals surface area contributed by atoms with E-state index >= 15 is 0 Å². The van der Waals surface area contributed by atoms with Crippen LogP contribution in [0, 0.1) is 23.2 Å². The highest BCUT2D eigenvalue weighted by Gasteiger charge is 2.41. The number of carboxylic acid groups (broad SMARTS) is 1. The summed E-state index contributed by atoms with van der Waals surface area (Å²) in [6.07, 6.45) is 11.5. The molecular formula is C31H43NO5S. The summed E-state index contributed by atoms with van der Waals surface area (Å²) in [5, 5.41) is 21.4. The number of allylic oxidation sites excluding steroid dienone is 2. The number of carbonyl (C=O) groups is 2. The minimum Gasteiger partial charge on any atom is -0.477 e. The molecule has 208 valence electrons. The molecule has 3 aliphatic carbocycles. The van der Waals surface area contributed by atoms with Gasteiger partial charge in [-0.15, -0.1) is 11.3 Å². The summed E-state index contributed by atoms with van der Waals surface area (Å²) in [4.78, 5) is 29.0. The van der Waals surface area contributed by atoms with Crippen LogP contribution in [0.15, 0.2) is 17.7 Å². The van der Waals surface area contributed by atoms with Crippen molar-refractivity contribution in [2.24, 2.45) is 11.3 Å². The van der Waals surface area contributed by atoms with Gasteiger partial charge < -0.3 is 19.8 Å². The zero-order chi connectivity index (χ0) is 27.5. The quantitative estimate of drug-likeness (QED) is 0.302. The standard InChI is InChI=1S/C31H43NO5S/c1-21-9-11-22(12-10-21)28(33)32(26-19-25(15-16-30(2,3)4)38-27(26)29(34)35)23-13-17-31(36,18-14-23)20-37-24-7-5-6-8-24/h9,19,22-24,36H,5-8,10-14,17-18,20H2,1-4H3,(H,34,35)/t22-,23?,31?/m0/s1. The van der Waals surface area contributed by atoms with Crippen molar-refractivity contribution in [1.29, 1.82) is 0 Å². The summed E-state index contributed by atoms with van der Waals surface area (Å²) >= 11 is 1.14. The Hall–Kier alpha value is -2.14. The summed E-state index contributed by atoms with van der Waals surface area (Å²) in [6, 6.07) is 1.62. The van der Waals surface area contributed by atoms with Crippen molar-refractivity contribution >= 4 is 28.9 Å². The van der Waals surface area contributed by atoms with Gasteiger partial charge in [0.15, 0.2) is 0 Å². The predicted octanol–water partition coefficient (Wildman–Crippen LogP) is 6.56. The van der Waals surface area contributed by atoms with Crippen LogP contribution in [-0.2, 0) is 9.53 Å². The van der Waals surface area contributed by atoms with Gasteiger partial charge in [0, 0.05) is 17.4 Å². The van der Waals surface area contributed by atoms with Gasteiger partial charge in [-0.05, 0) is 91.5 Å². The Kier molecular flexibility index (Phi) is 9.07. The average molecular weight is 542 g/mol. The number of nitrogens with zero attached hydrogens (tertiary/aromatic N) is 1. The second kappa shape index (κ2) is 11.9. The van der Waals surface area contributed by atoms with Crippen molar-refractivity contribution in [2.75, 3.05) is 11.5 Å². The van der Waals surface area contributed by atoms with E-state index in [1.165, 1.54) is 18.4 Å².